The van der Waals surface area contributed by atoms with E-state index in [1.165, 1.54) is 11.0 Å². The Morgan fingerprint density at radius 2 is 2.00 bits per heavy atom. The fourth-order valence-electron chi connectivity index (χ4n) is 3.02. The minimum atomic E-state index is -1.01. The molecule has 0 atom stereocenters. The van der Waals surface area contributed by atoms with E-state index in [4.69, 9.17) is 5.26 Å². The van der Waals surface area contributed by atoms with Crippen LogP contribution in [-0.2, 0) is 6.42 Å². The zero-order chi connectivity index (χ0) is 20.8. The Labute approximate surface area is 168 Å². The molecule has 3 rings (SSSR count). The van der Waals surface area contributed by atoms with Gasteiger partial charge in [0.15, 0.2) is 0 Å². The average Bonchev–Trinajstić information content (AvgIpc) is 2.73. The molecule has 0 saturated heterocycles. The van der Waals surface area contributed by atoms with Gasteiger partial charge in [-0.25, -0.2) is 9.48 Å². The van der Waals surface area contributed by atoms with Crippen LogP contribution in [0.5, 0.6) is 0 Å². The van der Waals surface area contributed by atoms with Crippen LogP contribution in [0, 0.1) is 11.3 Å². The van der Waals surface area contributed by atoms with Crippen LogP contribution < -0.4 is 10.3 Å². The summed E-state index contributed by atoms with van der Waals surface area (Å²) in [6, 6.07) is 17.6. The second kappa shape index (κ2) is 8.85. The molecular formula is C22H20N4O3. The van der Waals surface area contributed by atoms with Crippen molar-refractivity contribution in [2.45, 2.75) is 19.8 Å². The van der Waals surface area contributed by atoms with Crippen LogP contribution >= 0.6 is 0 Å². The third kappa shape index (κ3) is 4.68. The van der Waals surface area contributed by atoms with Gasteiger partial charge in [0, 0.05) is 30.9 Å². The lowest BCUT2D eigenvalue weighted by Crippen LogP contribution is -2.29. The highest BCUT2D eigenvalue weighted by atomic mass is 16.4. The van der Waals surface area contributed by atoms with E-state index in [0.717, 1.165) is 5.56 Å². The molecule has 0 bridgehead atoms. The number of nitriles is 1. The van der Waals surface area contributed by atoms with Crippen LogP contribution in [-0.4, -0.2) is 27.5 Å². The molecule has 7 nitrogen and oxygen atoms in total. The highest BCUT2D eigenvalue weighted by Crippen LogP contribution is 2.18. The first-order valence-electron chi connectivity index (χ1n) is 9.20. The van der Waals surface area contributed by atoms with Crippen molar-refractivity contribution in [2.75, 3.05) is 11.4 Å². The molecular weight excluding hydrogens is 368 g/mol. The standard InChI is InChI=1S/C22H20N4O3/c1-2-10-25(22(28)29)18-7-3-5-16(12-18)14-20-21(27)9-11-26(24-20)19-8-4-6-17(13-19)15-23/h3-9,11-13H,2,10,14H2,1H3,(H,28,29). The molecule has 0 spiro atoms. The quantitative estimate of drug-likeness (QED) is 0.696. The maximum absolute atomic E-state index is 12.3. The van der Waals surface area contributed by atoms with E-state index in [2.05, 4.69) is 11.2 Å². The minimum absolute atomic E-state index is 0.202. The Morgan fingerprint density at radius 1 is 1.21 bits per heavy atom. The largest absolute Gasteiger partial charge is 0.465 e. The van der Waals surface area contributed by atoms with Crippen molar-refractivity contribution in [1.82, 2.24) is 9.78 Å². The molecule has 0 fully saturated rings. The molecule has 0 unspecified atom stereocenters. The van der Waals surface area contributed by atoms with Crippen molar-refractivity contribution in [3.05, 3.63) is 87.8 Å². The first-order valence-corrected chi connectivity index (χ1v) is 9.20. The Bertz CT molecular complexity index is 1130. The van der Waals surface area contributed by atoms with E-state index >= 15 is 0 Å². The highest BCUT2D eigenvalue weighted by Gasteiger charge is 2.14. The maximum atomic E-state index is 12.3. The first-order chi connectivity index (χ1) is 14.0. The predicted octanol–water partition coefficient (Wildman–Crippen LogP) is 3.59. The molecule has 1 N–H and O–H groups in total. The van der Waals surface area contributed by atoms with Gasteiger partial charge in [-0.05, 0) is 42.3 Å². The summed E-state index contributed by atoms with van der Waals surface area (Å²) in [5.74, 6) is 0. The number of rotatable bonds is 6. The van der Waals surface area contributed by atoms with Crippen LogP contribution in [0.4, 0.5) is 10.5 Å². The number of amides is 1. The van der Waals surface area contributed by atoms with Gasteiger partial charge in [0.2, 0.25) is 5.43 Å². The number of carbonyl (C=O) groups is 1. The molecule has 0 aliphatic heterocycles. The van der Waals surface area contributed by atoms with Crippen LogP contribution in [0.3, 0.4) is 0 Å². The van der Waals surface area contributed by atoms with Gasteiger partial charge < -0.3 is 5.11 Å². The monoisotopic (exact) mass is 388 g/mol. The van der Waals surface area contributed by atoms with Crippen molar-refractivity contribution in [3.8, 4) is 11.8 Å². The predicted molar refractivity (Wildman–Crippen MR) is 109 cm³/mol. The second-order valence-electron chi connectivity index (χ2n) is 6.51. The molecule has 0 radical (unpaired) electrons. The van der Waals surface area contributed by atoms with Crippen LogP contribution in [0.15, 0.2) is 65.6 Å². The van der Waals surface area contributed by atoms with E-state index in [0.29, 0.717) is 35.6 Å². The number of anilines is 1. The van der Waals surface area contributed by atoms with Crippen molar-refractivity contribution >= 4 is 11.8 Å². The lowest BCUT2D eigenvalue weighted by Gasteiger charge is -2.19. The van der Waals surface area contributed by atoms with Gasteiger partial charge in [-0.1, -0.05) is 25.1 Å². The number of nitrogens with zero attached hydrogens (tertiary/aromatic N) is 4. The average molecular weight is 388 g/mol. The van der Waals surface area contributed by atoms with E-state index in [1.54, 1.807) is 53.3 Å². The molecule has 1 amide bonds. The van der Waals surface area contributed by atoms with Crippen molar-refractivity contribution < 1.29 is 9.90 Å². The highest BCUT2D eigenvalue weighted by molar-refractivity contribution is 5.86. The van der Waals surface area contributed by atoms with Crippen molar-refractivity contribution in [1.29, 1.82) is 5.26 Å². The second-order valence-corrected chi connectivity index (χ2v) is 6.51. The molecule has 2 aromatic carbocycles. The third-order valence-corrected chi connectivity index (χ3v) is 4.39. The van der Waals surface area contributed by atoms with Gasteiger partial charge in [0.1, 0.15) is 5.69 Å². The fourth-order valence-corrected chi connectivity index (χ4v) is 3.02. The lowest BCUT2D eigenvalue weighted by atomic mass is 10.1. The summed E-state index contributed by atoms with van der Waals surface area (Å²) in [5.41, 5.74) is 2.67. The molecule has 1 heterocycles. The number of aromatic nitrogens is 2. The first kappa shape index (κ1) is 19.8. The molecule has 146 valence electrons. The van der Waals surface area contributed by atoms with E-state index < -0.39 is 6.09 Å². The van der Waals surface area contributed by atoms with Gasteiger partial charge in [-0.3, -0.25) is 9.69 Å². The fraction of sp³-hybridized carbons (Fsp3) is 0.182. The number of hydrogen-bond acceptors (Lipinski definition) is 4. The third-order valence-electron chi connectivity index (χ3n) is 4.39. The van der Waals surface area contributed by atoms with E-state index in [1.807, 2.05) is 13.0 Å². The Kier molecular flexibility index (Phi) is 6.05. The number of carboxylic acid groups (broad SMARTS) is 1. The van der Waals surface area contributed by atoms with Gasteiger partial charge >= 0.3 is 6.09 Å². The smallest absolute Gasteiger partial charge is 0.411 e. The Balaban J connectivity index is 1.93. The van der Waals surface area contributed by atoms with Gasteiger partial charge in [0.05, 0.1) is 17.3 Å². The molecule has 0 aliphatic carbocycles. The summed E-state index contributed by atoms with van der Waals surface area (Å²) in [5, 5.41) is 22.9. The number of hydrogen-bond donors (Lipinski definition) is 1. The summed E-state index contributed by atoms with van der Waals surface area (Å²) in [4.78, 5) is 25.1. The summed E-state index contributed by atoms with van der Waals surface area (Å²) in [6.07, 6.45) is 1.52. The molecule has 29 heavy (non-hydrogen) atoms. The van der Waals surface area contributed by atoms with Gasteiger partial charge in [-0.15, -0.1) is 0 Å². The maximum Gasteiger partial charge on any atom is 0.411 e. The number of benzene rings is 2. The summed E-state index contributed by atoms with van der Waals surface area (Å²) < 4.78 is 1.56. The molecule has 0 aliphatic rings. The van der Waals surface area contributed by atoms with Crippen LogP contribution in [0.1, 0.15) is 30.2 Å². The minimum Gasteiger partial charge on any atom is -0.465 e. The summed E-state index contributed by atoms with van der Waals surface area (Å²) in [6.45, 7) is 2.31. The zero-order valence-electron chi connectivity index (χ0n) is 15.9. The van der Waals surface area contributed by atoms with E-state index in [-0.39, 0.29) is 11.8 Å². The SMILES string of the molecule is CCCN(C(=O)O)c1cccc(Cc2nn(-c3cccc(C#N)c3)ccc2=O)c1. The lowest BCUT2D eigenvalue weighted by molar-refractivity contribution is 0.202. The van der Waals surface area contributed by atoms with Crippen molar-refractivity contribution in [3.63, 3.8) is 0 Å². The molecule has 1 aromatic heterocycles. The normalized spacial score (nSPS) is 10.3. The van der Waals surface area contributed by atoms with Gasteiger partial charge in [-0.2, -0.15) is 10.4 Å². The van der Waals surface area contributed by atoms with Gasteiger partial charge in [0.25, 0.3) is 0 Å². The van der Waals surface area contributed by atoms with Crippen molar-refractivity contribution in [2.24, 2.45) is 0 Å². The Morgan fingerprint density at radius 3 is 2.72 bits per heavy atom. The molecule has 0 saturated carbocycles. The topological polar surface area (TPSA) is 99.2 Å². The molecule has 7 heteroatoms. The van der Waals surface area contributed by atoms with E-state index in [9.17, 15) is 14.7 Å². The zero-order valence-corrected chi connectivity index (χ0v) is 15.9. The summed E-state index contributed by atoms with van der Waals surface area (Å²) in [7, 11) is 0. The van der Waals surface area contributed by atoms with Crippen LogP contribution in [0.25, 0.3) is 5.69 Å². The van der Waals surface area contributed by atoms with Crippen LogP contribution in [0.2, 0.25) is 0 Å². The summed E-state index contributed by atoms with van der Waals surface area (Å²) >= 11 is 0. The molecule has 3 aromatic rings. The Hall–Kier alpha value is -3.92.